The molecule has 212 valence electrons. The zero-order chi connectivity index (χ0) is 27.6. The van der Waals surface area contributed by atoms with Crippen molar-refractivity contribution in [1.82, 2.24) is 10.2 Å². The van der Waals surface area contributed by atoms with Crippen LogP contribution in [0, 0.1) is 5.82 Å². The van der Waals surface area contributed by atoms with E-state index >= 15 is 0 Å². The SMILES string of the molecule is O=C1COc2c(CCCCCN(C(=O)CCNCCc3cccc(Cl)c3F)C3CCCCC3)ccc(O)c2N1. The van der Waals surface area contributed by atoms with Crippen LogP contribution in [0.25, 0.3) is 0 Å². The number of aryl methyl sites for hydroxylation is 1. The second-order valence-electron chi connectivity index (χ2n) is 10.4. The number of hydrogen-bond donors (Lipinski definition) is 3. The van der Waals surface area contributed by atoms with Crippen LogP contribution < -0.4 is 15.4 Å². The summed E-state index contributed by atoms with van der Waals surface area (Å²) in [7, 11) is 0. The number of unbranched alkanes of at least 4 members (excludes halogenated alkanes) is 2. The Bertz CT molecular complexity index is 1140. The largest absolute Gasteiger partial charge is 0.506 e. The van der Waals surface area contributed by atoms with Crippen molar-refractivity contribution in [3.63, 3.8) is 0 Å². The summed E-state index contributed by atoms with van der Waals surface area (Å²) in [6, 6.07) is 8.77. The van der Waals surface area contributed by atoms with Gasteiger partial charge in [-0.15, -0.1) is 0 Å². The van der Waals surface area contributed by atoms with Gasteiger partial charge in [0.2, 0.25) is 5.91 Å². The summed E-state index contributed by atoms with van der Waals surface area (Å²) in [6.07, 6.45) is 10.2. The molecule has 39 heavy (non-hydrogen) atoms. The van der Waals surface area contributed by atoms with Crippen LogP contribution in [-0.2, 0) is 22.4 Å². The lowest BCUT2D eigenvalue weighted by Crippen LogP contribution is -2.43. The topological polar surface area (TPSA) is 90.9 Å². The summed E-state index contributed by atoms with van der Waals surface area (Å²) in [6.45, 7) is 1.85. The minimum absolute atomic E-state index is 0.00885. The molecule has 0 radical (unpaired) electrons. The molecule has 4 rings (SSSR count). The predicted octanol–water partition coefficient (Wildman–Crippen LogP) is 5.61. The highest BCUT2D eigenvalue weighted by Crippen LogP contribution is 2.39. The van der Waals surface area contributed by atoms with Crippen LogP contribution in [0.4, 0.5) is 10.1 Å². The maximum atomic E-state index is 14.1. The van der Waals surface area contributed by atoms with Gasteiger partial charge < -0.3 is 25.4 Å². The number of phenolic OH excluding ortho intramolecular Hbond substituents is 1. The summed E-state index contributed by atoms with van der Waals surface area (Å²) < 4.78 is 19.7. The van der Waals surface area contributed by atoms with Crippen LogP contribution in [0.15, 0.2) is 30.3 Å². The molecule has 3 N–H and O–H groups in total. The number of aromatic hydroxyl groups is 1. The van der Waals surface area contributed by atoms with Gasteiger partial charge in [-0.1, -0.05) is 55.5 Å². The smallest absolute Gasteiger partial charge is 0.262 e. The van der Waals surface area contributed by atoms with E-state index in [9.17, 15) is 19.1 Å². The number of nitrogens with one attached hydrogen (secondary N) is 2. The molecular weight excluding hydrogens is 521 g/mol. The van der Waals surface area contributed by atoms with E-state index in [2.05, 4.69) is 15.5 Å². The number of hydrogen-bond acceptors (Lipinski definition) is 5. The van der Waals surface area contributed by atoms with Crippen LogP contribution in [0.1, 0.15) is 68.9 Å². The summed E-state index contributed by atoms with van der Waals surface area (Å²) >= 11 is 5.86. The molecule has 2 aliphatic rings. The standard InChI is InChI=1S/C30H39ClFN3O4/c31-24-12-7-9-21(28(24)32)15-17-33-18-16-27(38)35(23-10-4-1-5-11-23)19-6-2-3-8-22-13-14-25(36)29-30(22)39-20-26(37)34-29/h7,9,12-14,23,33,36H,1-6,8,10-11,15-20H2,(H,34,37). The second-order valence-corrected chi connectivity index (χ2v) is 10.8. The molecule has 0 saturated heterocycles. The Kier molecular flexibility index (Phi) is 10.9. The van der Waals surface area contributed by atoms with Gasteiger partial charge in [0.25, 0.3) is 5.91 Å². The van der Waals surface area contributed by atoms with Gasteiger partial charge >= 0.3 is 0 Å². The van der Waals surface area contributed by atoms with E-state index in [1.165, 1.54) is 19.3 Å². The number of carbonyl (C=O) groups is 2. The molecule has 0 spiro atoms. The Morgan fingerprint density at radius 3 is 2.72 bits per heavy atom. The van der Waals surface area contributed by atoms with E-state index in [1.54, 1.807) is 24.3 Å². The zero-order valence-corrected chi connectivity index (χ0v) is 23.2. The van der Waals surface area contributed by atoms with E-state index in [4.69, 9.17) is 16.3 Å². The molecule has 2 amide bonds. The van der Waals surface area contributed by atoms with Crippen LogP contribution in [0.5, 0.6) is 11.5 Å². The van der Waals surface area contributed by atoms with Crippen molar-refractivity contribution < 1.29 is 23.8 Å². The van der Waals surface area contributed by atoms with Gasteiger partial charge in [-0.25, -0.2) is 4.39 Å². The fraction of sp³-hybridized carbons (Fsp3) is 0.533. The number of ether oxygens (including phenoxy) is 1. The highest BCUT2D eigenvalue weighted by molar-refractivity contribution is 6.30. The molecule has 0 atom stereocenters. The minimum atomic E-state index is -0.370. The second kappa shape index (κ2) is 14.5. The molecule has 9 heteroatoms. The minimum Gasteiger partial charge on any atom is -0.506 e. The van der Waals surface area contributed by atoms with Gasteiger partial charge in [0.05, 0.1) is 5.02 Å². The normalized spacial score (nSPS) is 15.4. The number of phenols is 1. The van der Waals surface area contributed by atoms with Crippen molar-refractivity contribution in [3.05, 3.63) is 52.3 Å². The van der Waals surface area contributed by atoms with Gasteiger partial charge in [-0.05, 0) is 68.3 Å². The molecule has 0 aromatic heterocycles. The first-order valence-electron chi connectivity index (χ1n) is 14.1. The Hall–Kier alpha value is -2.84. The summed E-state index contributed by atoms with van der Waals surface area (Å²) in [4.78, 5) is 26.9. The number of rotatable bonds is 13. The third-order valence-electron chi connectivity index (χ3n) is 7.63. The molecule has 7 nitrogen and oxygen atoms in total. The number of fused-ring (bicyclic) bond motifs is 1. The lowest BCUT2D eigenvalue weighted by molar-refractivity contribution is -0.134. The molecule has 1 aliphatic carbocycles. The van der Waals surface area contributed by atoms with Crippen molar-refractivity contribution in [1.29, 1.82) is 0 Å². The number of benzene rings is 2. The molecule has 0 bridgehead atoms. The Morgan fingerprint density at radius 2 is 1.90 bits per heavy atom. The van der Waals surface area contributed by atoms with E-state index in [1.807, 2.05) is 6.07 Å². The quantitative estimate of drug-likeness (QED) is 0.219. The van der Waals surface area contributed by atoms with Gasteiger partial charge in [-0.2, -0.15) is 0 Å². The summed E-state index contributed by atoms with van der Waals surface area (Å²) in [5.74, 6) is 0.103. The molecule has 2 aromatic carbocycles. The van der Waals surface area contributed by atoms with Gasteiger partial charge in [0, 0.05) is 25.6 Å². The van der Waals surface area contributed by atoms with Crippen molar-refractivity contribution >= 4 is 29.1 Å². The van der Waals surface area contributed by atoms with Crippen LogP contribution >= 0.6 is 11.6 Å². The zero-order valence-electron chi connectivity index (χ0n) is 22.4. The Balaban J connectivity index is 1.22. The molecule has 1 heterocycles. The average Bonchev–Trinajstić information content (AvgIpc) is 2.94. The maximum absolute atomic E-state index is 14.1. The Labute approximate surface area is 235 Å². The van der Waals surface area contributed by atoms with Crippen LogP contribution in [-0.4, -0.2) is 54.1 Å². The van der Waals surface area contributed by atoms with Gasteiger partial charge in [0.15, 0.2) is 12.4 Å². The van der Waals surface area contributed by atoms with E-state index < -0.39 is 0 Å². The number of halogens is 2. The van der Waals surface area contributed by atoms with Crippen LogP contribution in [0.2, 0.25) is 5.02 Å². The molecule has 0 unspecified atom stereocenters. The van der Waals surface area contributed by atoms with E-state index in [0.29, 0.717) is 49.0 Å². The van der Waals surface area contributed by atoms with E-state index in [-0.39, 0.29) is 35.0 Å². The number of anilines is 1. The summed E-state index contributed by atoms with van der Waals surface area (Å²) in [5.41, 5.74) is 1.89. The molecule has 2 aromatic rings. The van der Waals surface area contributed by atoms with Crippen molar-refractivity contribution in [3.8, 4) is 11.5 Å². The molecule has 1 saturated carbocycles. The van der Waals surface area contributed by atoms with Crippen molar-refractivity contribution in [2.75, 3.05) is 31.6 Å². The fourth-order valence-corrected chi connectivity index (χ4v) is 5.71. The number of amides is 2. The maximum Gasteiger partial charge on any atom is 0.262 e. The molecule has 1 fully saturated rings. The lowest BCUT2D eigenvalue weighted by atomic mass is 9.93. The number of carbonyl (C=O) groups excluding carboxylic acids is 2. The average molecular weight is 560 g/mol. The first-order valence-corrected chi connectivity index (χ1v) is 14.5. The first-order chi connectivity index (χ1) is 18.9. The third-order valence-corrected chi connectivity index (χ3v) is 7.92. The molecular formula is C30H39ClFN3O4. The molecule has 1 aliphatic heterocycles. The van der Waals surface area contributed by atoms with Crippen molar-refractivity contribution in [2.45, 2.75) is 76.7 Å². The van der Waals surface area contributed by atoms with Gasteiger partial charge in [-0.3, -0.25) is 9.59 Å². The summed E-state index contributed by atoms with van der Waals surface area (Å²) in [5, 5.41) is 16.2. The Morgan fingerprint density at radius 1 is 1.08 bits per heavy atom. The van der Waals surface area contributed by atoms with Crippen molar-refractivity contribution in [2.24, 2.45) is 0 Å². The predicted molar refractivity (Wildman–Crippen MR) is 151 cm³/mol. The highest BCUT2D eigenvalue weighted by atomic mass is 35.5. The van der Waals surface area contributed by atoms with Gasteiger partial charge in [0.1, 0.15) is 17.3 Å². The monoisotopic (exact) mass is 559 g/mol. The number of nitrogens with zero attached hydrogens (tertiary/aromatic N) is 1. The lowest BCUT2D eigenvalue weighted by Gasteiger charge is -2.34. The van der Waals surface area contributed by atoms with Crippen LogP contribution in [0.3, 0.4) is 0 Å². The first kappa shape index (κ1) is 29.2. The fourth-order valence-electron chi connectivity index (χ4n) is 5.52. The third kappa shape index (κ3) is 8.08. The van der Waals surface area contributed by atoms with E-state index in [0.717, 1.165) is 50.6 Å². The highest BCUT2D eigenvalue weighted by Gasteiger charge is 2.25.